The van der Waals surface area contributed by atoms with Gasteiger partial charge in [-0.25, -0.2) is 4.79 Å². The number of ether oxygens (including phenoxy) is 1. The molecule has 0 saturated carbocycles. The second-order valence-corrected chi connectivity index (χ2v) is 3.90. The lowest BCUT2D eigenvalue weighted by atomic mass is 10.3. The average molecular weight is 235 g/mol. The van der Waals surface area contributed by atoms with Gasteiger partial charge in [0.05, 0.1) is 0 Å². The van der Waals surface area contributed by atoms with Crippen molar-refractivity contribution in [2.75, 3.05) is 25.6 Å². The minimum Gasteiger partial charge on any atom is -0.489 e. The number of hydrogen-bond donors (Lipinski definition) is 1. The molecule has 0 saturated heterocycles. The maximum Gasteiger partial charge on any atom is 0.331 e. The van der Waals surface area contributed by atoms with Crippen LogP contribution in [0.2, 0.25) is 0 Å². The van der Waals surface area contributed by atoms with E-state index >= 15 is 0 Å². The standard InChI is InChI=1S/C13H17NO3/c1-10(13(15)16)7-8-17-12-6-4-5-11(9-12)14(2)3/h4-7,9H,8H2,1-3H3,(H,15,16). The summed E-state index contributed by atoms with van der Waals surface area (Å²) in [6.07, 6.45) is 1.55. The fourth-order valence-electron chi connectivity index (χ4n) is 1.20. The number of carboxylic acid groups (broad SMARTS) is 1. The predicted octanol–water partition coefficient (Wildman–Crippen LogP) is 2.16. The van der Waals surface area contributed by atoms with Crippen LogP contribution in [0.3, 0.4) is 0 Å². The summed E-state index contributed by atoms with van der Waals surface area (Å²) in [6, 6.07) is 7.63. The van der Waals surface area contributed by atoms with Gasteiger partial charge in [-0.3, -0.25) is 0 Å². The molecule has 17 heavy (non-hydrogen) atoms. The summed E-state index contributed by atoms with van der Waals surface area (Å²) in [6.45, 7) is 1.80. The van der Waals surface area contributed by atoms with Gasteiger partial charge in [-0.1, -0.05) is 6.07 Å². The summed E-state index contributed by atoms with van der Waals surface area (Å²) in [7, 11) is 3.90. The first-order chi connectivity index (χ1) is 8.00. The minimum absolute atomic E-state index is 0.259. The predicted molar refractivity (Wildman–Crippen MR) is 67.7 cm³/mol. The number of aliphatic carboxylic acids is 1. The monoisotopic (exact) mass is 235 g/mol. The van der Waals surface area contributed by atoms with Crippen LogP contribution < -0.4 is 9.64 Å². The van der Waals surface area contributed by atoms with E-state index in [2.05, 4.69) is 0 Å². The summed E-state index contributed by atoms with van der Waals surface area (Å²) in [5.41, 5.74) is 1.33. The molecular formula is C13H17NO3. The zero-order valence-corrected chi connectivity index (χ0v) is 10.3. The number of carbonyl (C=O) groups is 1. The van der Waals surface area contributed by atoms with Crippen LogP contribution in [0.25, 0.3) is 0 Å². The first kappa shape index (κ1) is 13.1. The largest absolute Gasteiger partial charge is 0.489 e. The maximum absolute atomic E-state index is 10.6. The van der Waals surface area contributed by atoms with Gasteiger partial charge in [0, 0.05) is 31.4 Å². The zero-order chi connectivity index (χ0) is 12.8. The second-order valence-electron chi connectivity index (χ2n) is 3.90. The maximum atomic E-state index is 10.6. The van der Waals surface area contributed by atoms with E-state index in [-0.39, 0.29) is 12.2 Å². The molecule has 0 heterocycles. The van der Waals surface area contributed by atoms with Crippen molar-refractivity contribution in [3.63, 3.8) is 0 Å². The topological polar surface area (TPSA) is 49.8 Å². The van der Waals surface area contributed by atoms with E-state index in [9.17, 15) is 4.79 Å². The van der Waals surface area contributed by atoms with Crippen LogP contribution in [0.4, 0.5) is 5.69 Å². The highest BCUT2D eigenvalue weighted by atomic mass is 16.5. The Hall–Kier alpha value is -1.97. The van der Waals surface area contributed by atoms with E-state index in [0.717, 1.165) is 11.4 Å². The lowest BCUT2D eigenvalue weighted by Gasteiger charge is -2.13. The van der Waals surface area contributed by atoms with Gasteiger partial charge in [0.1, 0.15) is 12.4 Å². The van der Waals surface area contributed by atoms with Crippen LogP contribution in [0.1, 0.15) is 6.92 Å². The first-order valence-electron chi connectivity index (χ1n) is 5.31. The van der Waals surface area contributed by atoms with E-state index in [1.807, 2.05) is 43.3 Å². The Morgan fingerprint density at radius 3 is 2.76 bits per heavy atom. The Balaban J connectivity index is 2.61. The molecule has 0 aliphatic heterocycles. The van der Waals surface area contributed by atoms with Crippen LogP contribution in [0, 0.1) is 0 Å². The van der Waals surface area contributed by atoms with Crippen LogP contribution >= 0.6 is 0 Å². The van der Waals surface area contributed by atoms with Crippen LogP contribution in [0.5, 0.6) is 5.75 Å². The highest BCUT2D eigenvalue weighted by Crippen LogP contribution is 2.19. The van der Waals surface area contributed by atoms with Crippen LogP contribution in [-0.2, 0) is 4.79 Å². The third-order valence-corrected chi connectivity index (χ3v) is 2.31. The van der Waals surface area contributed by atoms with Crippen molar-refractivity contribution in [1.82, 2.24) is 0 Å². The third kappa shape index (κ3) is 4.18. The summed E-state index contributed by atoms with van der Waals surface area (Å²) >= 11 is 0. The van der Waals surface area contributed by atoms with Gasteiger partial charge in [-0.2, -0.15) is 0 Å². The lowest BCUT2D eigenvalue weighted by Crippen LogP contribution is -2.08. The molecule has 0 aromatic heterocycles. The summed E-state index contributed by atoms with van der Waals surface area (Å²) in [4.78, 5) is 12.5. The fraction of sp³-hybridized carbons (Fsp3) is 0.308. The molecule has 0 aliphatic rings. The van der Waals surface area contributed by atoms with Crippen molar-refractivity contribution in [3.05, 3.63) is 35.9 Å². The van der Waals surface area contributed by atoms with E-state index in [1.54, 1.807) is 13.0 Å². The number of hydrogen-bond acceptors (Lipinski definition) is 3. The van der Waals surface area contributed by atoms with Crippen molar-refractivity contribution < 1.29 is 14.6 Å². The smallest absolute Gasteiger partial charge is 0.331 e. The first-order valence-corrected chi connectivity index (χ1v) is 5.31. The van der Waals surface area contributed by atoms with Crippen molar-refractivity contribution >= 4 is 11.7 Å². The summed E-state index contributed by atoms with van der Waals surface area (Å²) in [5, 5.41) is 8.67. The number of benzene rings is 1. The molecule has 0 fully saturated rings. The molecule has 4 nitrogen and oxygen atoms in total. The molecule has 1 rings (SSSR count). The molecule has 0 amide bonds. The Kier molecular flexibility index (Phi) is 4.57. The minimum atomic E-state index is -0.921. The van der Waals surface area contributed by atoms with Gasteiger partial charge < -0.3 is 14.7 Å². The average Bonchev–Trinajstić information content (AvgIpc) is 2.29. The zero-order valence-electron chi connectivity index (χ0n) is 10.3. The number of nitrogens with zero attached hydrogens (tertiary/aromatic N) is 1. The van der Waals surface area contributed by atoms with E-state index in [0.29, 0.717) is 0 Å². The molecule has 0 bridgehead atoms. The van der Waals surface area contributed by atoms with E-state index in [4.69, 9.17) is 9.84 Å². The van der Waals surface area contributed by atoms with Crippen molar-refractivity contribution in [2.24, 2.45) is 0 Å². The molecule has 0 atom stereocenters. The molecular weight excluding hydrogens is 218 g/mol. The van der Waals surface area contributed by atoms with Gasteiger partial charge in [-0.05, 0) is 25.1 Å². The molecule has 0 aliphatic carbocycles. The second kappa shape index (κ2) is 5.94. The highest BCUT2D eigenvalue weighted by Gasteiger charge is 2.00. The molecule has 0 unspecified atom stereocenters. The molecule has 1 aromatic rings. The fourth-order valence-corrected chi connectivity index (χ4v) is 1.20. The molecule has 0 radical (unpaired) electrons. The molecule has 1 N–H and O–H groups in total. The SMILES string of the molecule is CC(=CCOc1cccc(N(C)C)c1)C(=O)O. The van der Waals surface area contributed by atoms with E-state index in [1.165, 1.54) is 0 Å². The van der Waals surface area contributed by atoms with Crippen LogP contribution in [-0.4, -0.2) is 31.8 Å². The van der Waals surface area contributed by atoms with Crippen molar-refractivity contribution in [2.45, 2.75) is 6.92 Å². The Labute approximate surface area is 101 Å². The lowest BCUT2D eigenvalue weighted by molar-refractivity contribution is -0.132. The Morgan fingerprint density at radius 2 is 2.18 bits per heavy atom. The van der Waals surface area contributed by atoms with Gasteiger partial charge in [0.15, 0.2) is 0 Å². The third-order valence-electron chi connectivity index (χ3n) is 2.31. The van der Waals surface area contributed by atoms with Gasteiger partial charge in [0.2, 0.25) is 0 Å². The van der Waals surface area contributed by atoms with Gasteiger partial charge in [-0.15, -0.1) is 0 Å². The number of anilines is 1. The van der Waals surface area contributed by atoms with Crippen LogP contribution in [0.15, 0.2) is 35.9 Å². The normalized spacial score (nSPS) is 11.1. The Morgan fingerprint density at radius 1 is 1.47 bits per heavy atom. The molecule has 4 heteroatoms. The van der Waals surface area contributed by atoms with Crippen molar-refractivity contribution in [1.29, 1.82) is 0 Å². The Bertz CT molecular complexity index is 424. The number of rotatable bonds is 5. The summed E-state index contributed by atoms with van der Waals surface area (Å²) in [5.74, 6) is -0.193. The molecule has 1 aromatic carbocycles. The molecule has 0 spiro atoms. The van der Waals surface area contributed by atoms with Gasteiger partial charge >= 0.3 is 5.97 Å². The quantitative estimate of drug-likeness (QED) is 0.794. The molecule has 92 valence electrons. The van der Waals surface area contributed by atoms with Gasteiger partial charge in [0.25, 0.3) is 0 Å². The van der Waals surface area contributed by atoms with Crippen molar-refractivity contribution in [3.8, 4) is 5.75 Å². The number of carboxylic acids is 1. The summed E-state index contributed by atoms with van der Waals surface area (Å²) < 4.78 is 5.45. The highest BCUT2D eigenvalue weighted by molar-refractivity contribution is 5.85. The van der Waals surface area contributed by atoms with E-state index < -0.39 is 5.97 Å².